The standard InChI is InChI=1S/C19H20N4O2/c1-11-5-6-14-15(8-11)22-18(21-14)16-4-3-7-23(16)19(25)13-10-20-17(24)9-12(13)2/h5-6,8-10,16H,3-4,7H2,1-2H3,(H,20,24)(H,21,22). The first kappa shape index (κ1) is 15.6. The average molecular weight is 336 g/mol. The van der Waals surface area contributed by atoms with E-state index in [4.69, 9.17) is 4.98 Å². The van der Waals surface area contributed by atoms with Gasteiger partial charge in [0.05, 0.1) is 22.6 Å². The van der Waals surface area contributed by atoms with Crippen molar-refractivity contribution >= 4 is 16.9 Å². The molecule has 0 aliphatic carbocycles. The van der Waals surface area contributed by atoms with E-state index in [-0.39, 0.29) is 17.5 Å². The van der Waals surface area contributed by atoms with E-state index in [0.717, 1.165) is 29.7 Å². The van der Waals surface area contributed by atoms with Crippen molar-refractivity contribution in [3.05, 3.63) is 63.3 Å². The maximum absolute atomic E-state index is 13.0. The van der Waals surface area contributed by atoms with E-state index in [1.165, 1.54) is 17.8 Å². The van der Waals surface area contributed by atoms with E-state index < -0.39 is 0 Å². The molecule has 4 rings (SSSR count). The van der Waals surface area contributed by atoms with Crippen LogP contribution in [-0.2, 0) is 0 Å². The maximum atomic E-state index is 13.0. The highest BCUT2D eigenvalue weighted by Crippen LogP contribution is 2.33. The molecule has 1 amide bonds. The van der Waals surface area contributed by atoms with Crippen LogP contribution < -0.4 is 5.56 Å². The van der Waals surface area contributed by atoms with Crippen LogP contribution in [-0.4, -0.2) is 32.3 Å². The number of imidazole rings is 1. The quantitative estimate of drug-likeness (QED) is 0.755. The van der Waals surface area contributed by atoms with Crippen LogP contribution in [0, 0.1) is 13.8 Å². The van der Waals surface area contributed by atoms with Gasteiger partial charge in [0.1, 0.15) is 5.82 Å². The van der Waals surface area contributed by atoms with Gasteiger partial charge in [0.2, 0.25) is 5.56 Å². The van der Waals surface area contributed by atoms with Gasteiger partial charge in [0.15, 0.2) is 0 Å². The monoisotopic (exact) mass is 336 g/mol. The molecule has 0 bridgehead atoms. The van der Waals surface area contributed by atoms with E-state index in [1.807, 2.05) is 24.0 Å². The van der Waals surface area contributed by atoms with Gasteiger partial charge in [-0.15, -0.1) is 0 Å². The van der Waals surface area contributed by atoms with Crippen molar-refractivity contribution in [2.24, 2.45) is 0 Å². The lowest BCUT2D eigenvalue weighted by Gasteiger charge is -2.23. The van der Waals surface area contributed by atoms with Gasteiger partial charge in [-0.05, 0) is 49.9 Å². The Morgan fingerprint density at radius 2 is 2.12 bits per heavy atom. The molecular formula is C19H20N4O2. The Morgan fingerprint density at radius 3 is 2.92 bits per heavy atom. The summed E-state index contributed by atoms with van der Waals surface area (Å²) in [6, 6.07) is 7.50. The Balaban J connectivity index is 1.69. The third kappa shape index (κ3) is 2.73. The molecule has 1 fully saturated rings. The minimum absolute atomic E-state index is 0.0621. The molecule has 1 unspecified atom stereocenters. The number of hydrogen-bond acceptors (Lipinski definition) is 3. The first-order valence-corrected chi connectivity index (χ1v) is 8.49. The summed E-state index contributed by atoms with van der Waals surface area (Å²) in [6.07, 6.45) is 3.33. The summed E-state index contributed by atoms with van der Waals surface area (Å²) in [5.41, 5.74) is 4.12. The number of aromatic nitrogens is 3. The van der Waals surface area contributed by atoms with Gasteiger partial charge in [0.25, 0.3) is 5.91 Å². The average Bonchev–Trinajstić information content (AvgIpc) is 3.20. The summed E-state index contributed by atoms with van der Waals surface area (Å²) < 4.78 is 0. The predicted molar refractivity (Wildman–Crippen MR) is 95.6 cm³/mol. The summed E-state index contributed by atoms with van der Waals surface area (Å²) in [7, 11) is 0. The molecule has 2 N–H and O–H groups in total. The minimum atomic E-state index is -0.195. The summed E-state index contributed by atoms with van der Waals surface area (Å²) >= 11 is 0. The number of fused-ring (bicyclic) bond motifs is 1. The van der Waals surface area contributed by atoms with Crippen molar-refractivity contribution in [1.29, 1.82) is 0 Å². The van der Waals surface area contributed by atoms with Crippen LogP contribution in [0.5, 0.6) is 0 Å². The van der Waals surface area contributed by atoms with Crippen LogP contribution in [0.4, 0.5) is 0 Å². The van der Waals surface area contributed by atoms with Gasteiger partial charge in [-0.1, -0.05) is 6.07 Å². The molecule has 2 aromatic heterocycles. The minimum Gasteiger partial charge on any atom is -0.340 e. The fraction of sp³-hybridized carbons (Fsp3) is 0.316. The van der Waals surface area contributed by atoms with Crippen LogP contribution >= 0.6 is 0 Å². The lowest BCUT2D eigenvalue weighted by Crippen LogP contribution is -2.32. The van der Waals surface area contributed by atoms with E-state index in [9.17, 15) is 9.59 Å². The number of nitrogens with zero attached hydrogens (tertiary/aromatic N) is 2. The molecule has 1 atom stereocenters. The van der Waals surface area contributed by atoms with Crippen molar-refractivity contribution in [3.8, 4) is 0 Å². The molecule has 1 saturated heterocycles. The second-order valence-electron chi connectivity index (χ2n) is 6.69. The number of carbonyl (C=O) groups excluding carboxylic acids is 1. The van der Waals surface area contributed by atoms with Crippen molar-refractivity contribution < 1.29 is 4.79 Å². The van der Waals surface area contributed by atoms with Crippen molar-refractivity contribution in [3.63, 3.8) is 0 Å². The van der Waals surface area contributed by atoms with Crippen molar-refractivity contribution in [2.45, 2.75) is 32.7 Å². The van der Waals surface area contributed by atoms with Gasteiger partial charge >= 0.3 is 0 Å². The molecule has 6 heteroatoms. The number of amides is 1. The number of H-pyrrole nitrogens is 2. The second kappa shape index (κ2) is 5.88. The number of hydrogen-bond donors (Lipinski definition) is 2. The van der Waals surface area contributed by atoms with Gasteiger partial charge < -0.3 is 14.9 Å². The number of aryl methyl sites for hydroxylation is 2. The largest absolute Gasteiger partial charge is 0.340 e. The second-order valence-corrected chi connectivity index (χ2v) is 6.69. The molecule has 3 heterocycles. The van der Waals surface area contributed by atoms with E-state index in [0.29, 0.717) is 17.7 Å². The van der Waals surface area contributed by atoms with Crippen LogP contribution in [0.15, 0.2) is 35.3 Å². The molecule has 3 aromatic rings. The number of rotatable bonds is 2. The molecular weight excluding hydrogens is 316 g/mol. The lowest BCUT2D eigenvalue weighted by molar-refractivity contribution is 0.0729. The van der Waals surface area contributed by atoms with E-state index >= 15 is 0 Å². The highest BCUT2D eigenvalue weighted by atomic mass is 16.2. The molecule has 128 valence electrons. The molecule has 1 aliphatic rings. The fourth-order valence-corrected chi connectivity index (χ4v) is 3.55. The molecule has 0 radical (unpaired) electrons. The van der Waals surface area contributed by atoms with Crippen LogP contribution in [0.3, 0.4) is 0 Å². The van der Waals surface area contributed by atoms with Crippen molar-refractivity contribution in [2.75, 3.05) is 6.54 Å². The summed E-state index contributed by atoms with van der Waals surface area (Å²) in [4.78, 5) is 36.9. The normalized spacial score (nSPS) is 17.4. The molecule has 25 heavy (non-hydrogen) atoms. The van der Waals surface area contributed by atoms with Crippen LogP contribution in [0.25, 0.3) is 11.0 Å². The summed E-state index contributed by atoms with van der Waals surface area (Å²) in [6.45, 7) is 4.53. The zero-order valence-electron chi connectivity index (χ0n) is 14.3. The number of nitrogens with one attached hydrogen (secondary N) is 2. The topological polar surface area (TPSA) is 81.8 Å². The smallest absolute Gasteiger partial charge is 0.256 e. The third-order valence-electron chi connectivity index (χ3n) is 4.85. The Morgan fingerprint density at radius 1 is 1.28 bits per heavy atom. The SMILES string of the molecule is Cc1ccc2nc(C3CCCN3C(=O)c3c[nH]c(=O)cc3C)[nH]c2c1. The van der Waals surface area contributed by atoms with Crippen LogP contribution in [0.1, 0.15) is 46.2 Å². The number of benzene rings is 1. The van der Waals surface area contributed by atoms with Gasteiger partial charge in [0, 0.05) is 18.8 Å². The maximum Gasteiger partial charge on any atom is 0.256 e. The number of aromatic amines is 2. The molecule has 6 nitrogen and oxygen atoms in total. The molecule has 1 aromatic carbocycles. The molecule has 1 aliphatic heterocycles. The fourth-order valence-electron chi connectivity index (χ4n) is 3.55. The summed E-state index contributed by atoms with van der Waals surface area (Å²) in [5.74, 6) is 0.765. The van der Waals surface area contributed by atoms with E-state index in [2.05, 4.69) is 16.0 Å². The van der Waals surface area contributed by atoms with Gasteiger partial charge in [-0.3, -0.25) is 9.59 Å². The van der Waals surface area contributed by atoms with Gasteiger partial charge in [-0.25, -0.2) is 4.98 Å². The first-order valence-electron chi connectivity index (χ1n) is 8.49. The lowest BCUT2D eigenvalue weighted by atomic mass is 10.1. The Labute approximate surface area is 144 Å². The highest BCUT2D eigenvalue weighted by molar-refractivity contribution is 5.95. The number of pyridine rings is 1. The zero-order valence-corrected chi connectivity index (χ0v) is 14.3. The zero-order chi connectivity index (χ0) is 17.6. The Kier molecular flexibility index (Phi) is 3.67. The van der Waals surface area contributed by atoms with Crippen molar-refractivity contribution in [1.82, 2.24) is 19.9 Å². The highest BCUT2D eigenvalue weighted by Gasteiger charge is 2.33. The molecule has 0 saturated carbocycles. The van der Waals surface area contributed by atoms with Crippen LogP contribution in [0.2, 0.25) is 0 Å². The predicted octanol–water partition coefficient (Wildman–Crippen LogP) is 2.85. The summed E-state index contributed by atoms with van der Waals surface area (Å²) in [5, 5.41) is 0. The van der Waals surface area contributed by atoms with E-state index in [1.54, 1.807) is 6.92 Å². The molecule has 0 spiro atoms. The number of likely N-dealkylation sites (tertiary alicyclic amines) is 1. The number of carbonyl (C=O) groups is 1. The third-order valence-corrected chi connectivity index (χ3v) is 4.85. The van der Waals surface area contributed by atoms with Gasteiger partial charge in [-0.2, -0.15) is 0 Å². The Hall–Kier alpha value is -2.89. The Bertz CT molecular complexity index is 1020. The first-order chi connectivity index (χ1) is 12.0.